The van der Waals surface area contributed by atoms with E-state index >= 15 is 0 Å². The second kappa shape index (κ2) is 9.10. The van der Waals surface area contributed by atoms with Crippen LogP contribution in [-0.4, -0.2) is 78.6 Å². The van der Waals surface area contributed by atoms with Gasteiger partial charge in [-0.2, -0.15) is 35.1 Å². The van der Waals surface area contributed by atoms with Crippen LogP contribution in [0.3, 0.4) is 0 Å². The first-order valence-corrected chi connectivity index (χ1v) is 7.07. The van der Waals surface area contributed by atoms with Crippen LogP contribution in [0.25, 0.3) is 0 Å². The average molecular weight is 492 g/mol. The molecule has 7 atom stereocenters. The van der Waals surface area contributed by atoms with Crippen molar-refractivity contribution in [2.75, 3.05) is 0 Å². The first-order valence-electron chi connectivity index (χ1n) is 7.07. The van der Waals surface area contributed by atoms with Gasteiger partial charge in [0.25, 0.3) is 6.43 Å². The van der Waals surface area contributed by atoms with Crippen molar-refractivity contribution < 1.29 is 79.7 Å². The molecule has 0 aliphatic rings. The molecule has 0 bridgehead atoms. The Morgan fingerprint density at radius 2 is 0.733 bits per heavy atom. The summed E-state index contributed by atoms with van der Waals surface area (Å²) in [5, 5.41) is 7.56. The Kier molecular flexibility index (Phi) is 8.72. The van der Waals surface area contributed by atoms with E-state index in [1.54, 1.807) is 0 Å². The van der Waals surface area contributed by atoms with Crippen LogP contribution in [0.4, 0.5) is 74.6 Å². The summed E-state index contributed by atoms with van der Waals surface area (Å²) >= 11 is 0. The number of hydrogen-bond acceptors (Lipinski definition) is 1. The standard InChI is InChI=1S/C12H9F17O/c13-1(2(14)4(16)6(18)8(20)21)3(15)5(17)7(19)9(22,23)10(24,25)11(26,27)12(28,29)30/h1-8,30H. The molecule has 0 aromatic rings. The molecule has 0 aromatic heterocycles. The van der Waals surface area contributed by atoms with E-state index < -0.39 is 73.5 Å². The first-order chi connectivity index (χ1) is 13.1. The maximum atomic E-state index is 13.3. The van der Waals surface area contributed by atoms with Crippen LogP contribution >= 0.6 is 0 Å². The van der Waals surface area contributed by atoms with Crippen LogP contribution < -0.4 is 0 Å². The molecular formula is C12H9F17O. The Labute approximate surface area is 154 Å². The molecule has 0 saturated heterocycles. The fourth-order valence-electron chi connectivity index (χ4n) is 1.77. The van der Waals surface area contributed by atoms with Crippen LogP contribution in [0.1, 0.15) is 0 Å². The minimum atomic E-state index is -7.68. The molecule has 0 amide bonds. The molecule has 0 radical (unpaired) electrons. The number of alkyl halides is 17. The normalized spacial score (nSPS) is 21.7. The molecule has 30 heavy (non-hydrogen) atoms. The predicted molar refractivity (Wildman–Crippen MR) is 62.3 cm³/mol. The van der Waals surface area contributed by atoms with Crippen molar-refractivity contribution in [1.82, 2.24) is 0 Å². The van der Waals surface area contributed by atoms with Gasteiger partial charge < -0.3 is 5.11 Å². The molecule has 1 nitrogen and oxygen atoms in total. The van der Waals surface area contributed by atoms with Gasteiger partial charge in [0.15, 0.2) is 37.0 Å². The molecule has 182 valence electrons. The largest absolute Gasteiger partial charge is 0.423 e. The number of aliphatic hydroxyl groups is 1. The zero-order valence-electron chi connectivity index (χ0n) is 13.5. The van der Waals surface area contributed by atoms with Crippen LogP contribution in [0.5, 0.6) is 0 Å². The van der Waals surface area contributed by atoms with Crippen LogP contribution in [-0.2, 0) is 0 Å². The van der Waals surface area contributed by atoms with Crippen LogP contribution in [0, 0.1) is 0 Å². The van der Waals surface area contributed by atoms with E-state index in [1.807, 2.05) is 0 Å². The van der Waals surface area contributed by atoms with Gasteiger partial charge in [-0.3, -0.25) is 0 Å². The molecule has 0 spiro atoms. The summed E-state index contributed by atoms with van der Waals surface area (Å²) in [4.78, 5) is 0. The maximum Gasteiger partial charge on any atom is 0.423 e. The maximum absolute atomic E-state index is 13.3. The second-order valence-electron chi connectivity index (χ2n) is 5.72. The smallest absolute Gasteiger partial charge is 0.331 e. The predicted octanol–water partition coefficient (Wildman–Crippen LogP) is 5.11. The third kappa shape index (κ3) is 4.98. The third-order valence-electron chi connectivity index (χ3n) is 3.58. The second-order valence-corrected chi connectivity index (χ2v) is 5.72. The van der Waals surface area contributed by atoms with E-state index in [0.717, 1.165) is 0 Å². The highest BCUT2D eigenvalue weighted by atomic mass is 19.4. The molecule has 0 aromatic carbocycles. The van der Waals surface area contributed by atoms with Gasteiger partial charge in [-0.15, -0.1) is 0 Å². The van der Waals surface area contributed by atoms with Crippen molar-refractivity contribution >= 4 is 0 Å². The summed E-state index contributed by atoms with van der Waals surface area (Å²) in [5.41, 5.74) is 0. The zero-order valence-corrected chi connectivity index (χ0v) is 13.5. The van der Waals surface area contributed by atoms with E-state index in [2.05, 4.69) is 0 Å². The third-order valence-corrected chi connectivity index (χ3v) is 3.58. The number of hydrogen-bond donors (Lipinski definition) is 1. The Morgan fingerprint density at radius 1 is 0.433 bits per heavy atom. The van der Waals surface area contributed by atoms with Gasteiger partial charge in [0.1, 0.15) is 0 Å². The van der Waals surface area contributed by atoms with Crippen molar-refractivity contribution in [3.63, 3.8) is 0 Å². The van der Waals surface area contributed by atoms with E-state index in [0.29, 0.717) is 0 Å². The summed E-state index contributed by atoms with van der Waals surface area (Å²) in [7, 11) is 0. The average Bonchev–Trinajstić information content (AvgIpc) is 2.61. The summed E-state index contributed by atoms with van der Waals surface area (Å²) < 4.78 is 217. The molecule has 0 saturated carbocycles. The van der Waals surface area contributed by atoms with Crippen molar-refractivity contribution in [2.24, 2.45) is 0 Å². The molecule has 7 unspecified atom stereocenters. The monoisotopic (exact) mass is 492 g/mol. The lowest BCUT2D eigenvalue weighted by Crippen LogP contribution is -2.66. The highest BCUT2D eigenvalue weighted by Gasteiger charge is 2.83. The summed E-state index contributed by atoms with van der Waals surface area (Å²) in [6, 6.07) is 0. The Hall–Kier alpha value is -1.23. The summed E-state index contributed by atoms with van der Waals surface area (Å²) in [5.74, 6) is -22.5. The van der Waals surface area contributed by atoms with Gasteiger partial charge in [-0.05, 0) is 0 Å². The van der Waals surface area contributed by atoms with Crippen LogP contribution in [0.2, 0.25) is 0 Å². The van der Waals surface area contributed by atoms with Gasteiger partial charge in [0, 0.05) is 0 Å². The zero-order chi connectivity index (χ0) is 24.6. The SMILES string of the molecule is OC(F)(F)C(F)(F)C(F)(F)C(F)(F)C(F)C(F)C(F)C(F)C(F)C(F)C(F)C(F)F. The highest BCUT2D eigenvalue weighted by molar-refractivity contribution is 5.06. The first kappa shape index (κ1) is 28.8. The van der Waals surface area contributed by atoms with E-state index in [4.69, 9.17) is 5.11 Å². The molecule has 18 heteroatoms. The fourth-order valence-corrected chi connectivity index (χ4v) is 1.77. The lowest BCUT2D eigenvalue weighted by atomic mass is 9.92. The fraction of sp³-hybridized carbons (Fsp3) is 1.00. The van der Waals surface area contributed by atoms with Gasteiger partial charge in [-0.1, -0.05) is 0 Å². The van der Waals surface area contributed by atoms with E-state index in [-0.39, 0.29) is 0 Å². The molecule has 0 aliphatic heterocycles. The molecular weight excluding hydrogens is 483 g/mol. The highest BCUT2D eigenvalue weighted by Crippen LogP contribution is 2.54. The van der Waals surface area contributed by atoms with Crippen molar-refractivity contribution in [3.8, 4) is 0 Å². The topological polar surface area (TPSA) is 20.2 Å². The number of rotatable bonds is 11. The van der Waals surface area contributed by atoms with Gasteiger partial charge in [-0.25, -0.2) is 39.5 Å². The van der Waals surface area contributed by atoms with E-state index in [1.165, 1.54) is 0 Å². The summed E-state index contributed by atoms with van der Waals surface area (Å²) in [6.45, 7) is 0. The van der Waals surface area contributed by atoms with Gasteiger partial charge >= 0.3 is 23.9 Å². The lowest BCUT2D eigenvalue weighted by molar-refractivity contribution is -0.424. The molecule has 0 fully saturated rings. The molecule has 0 heterocycles. The quantitative estimate of drug-likeness (QED) is 0.398. The molecule has 1 N–H and O–H groups in total. The van der Waals surface area contributed by atoms with Gasteiger partial charge in [0.05, 0.1) is 0 Å². The van der Waals surface area contributed by atoms with Crippen LogP contribution in [0.15, 0.2) is 0 Å². The van der Waals surface area contributed by atoms with E-state index in [9.17, 15) is 74.6 Å². The lowest BCUT2D eigenvalue weighted by Gasteiger charge is -2.37. The van der Waals surface area contributed by atoms with Crippen molar-refractivity contribution in [1.29, 1.82) is 0 Å². The Balaban J connectivity index is 5.73. The van der Waals surface area contributed by atoms with Crippen molar-refractivity contribution in [3.05, 3.63) is 0 Å². The number of halogens is 17. The minimum absolute atomic E-state index is 4.19. The van der Waals surface area contributed by atoms with Gasteiger partial charge in [0.2, 0.25) is 6.17 Å². The Bertz CT molecular complexity index is 547. The molecule has 0 aliphatic carbocycles. The molecule has 0 rings (SSSR count). The Morgan fingerprint density at radius 3 is 1.03 bits per heavy atom. The minimum Gasteiger partial charge on any atom is -0.331 e. The summed E-state index contributed by atoms with van der Waals surface area (Å²) in [6.07, 6.45) is -44.5. The van der Waals surface area contributed by atoms with Crippen molar-refractivity contribution in [2.45, 2.75) is 73.5 Å².